The summed E-state index contributed by atoms with van der Waals surface area (Å²) >= 11 is 0. The Bertz CT molecular complexity index is 1540. The molecule has 1 aliphatic rings. The van der Waals surface area contributed by atoms with Crippen LogP contribution in [0.4, 0.5) is 0 Å². The minimum atomic E-state index is 0.127. The second-order valence-corrected chi connectivity index (χ2v) is 11.2. The summed E-state index contributed by atoms with van der Waals surface area (Å²) in [6.07, 6.45) is 6.89. The summed E-state index contributed by atoms with van der Waals surface area (Å²) in [5.41, 5.74) is 9.65. The van der Waals surface area contributed by atoms with E-state index in [9.17, 15) is 5.11 Å². The Kier molecular flexibility index (Phi) is 9.53. The Morgan fingerprint density at radius 2 is 1.63 bits per heavy atom. The van der Waals surface area contributed by atoms with E-state index in [1.54, 1.807) is 0 Å². The van der Waals surface area contributed by atoms with Gasteiger partial charge in [-0.3, -0.25) is 4.40 Å². The molecule has 4 heteroatoms. The smallest absolute Gasteiger partial charge is 0.141 e. The van der Waals surface area contributed by atoms with E-state index in [4.69, 9.17) is 4.98 Å². The summed E-state index contributed by atoms with van der Waals surface area (Å²) in [5.74, 6) is 0.921. The number of benzene rings is 3. The maximum atomic E-state index is 9.28. The van der Waals surface area contributed by atoms with Crippen molar-refractivity contribution in [2.75, 3.05) is 13.2 Å². The molecule has 2 N–H and O–H groups in total. The monoisotopic (exact) mass is 545 g/mol. The molecule has 212 valence electrons. The van der Waals surface area contributed by atoms with Gasteiger partial charge in [0, 0.05) is 46.9 Å². The molecule has 1 aliphatic carbocycles. The molecule has 41 heavy (non-hydrogen) atoms. The number of hydrogen-bond acceptors (Lipinski definition) is 3. The first kappa shape index (κ1) is 28.6. The van der Waals surface area contributed by atoms with Crippen LogP contribution in [0.1, 0.15) is 66.6 Å². The highest BCUT2D eigenvalue weighted by Crippen LogP contribution is 2.40. The first-order valence-electron chi connectivity index (χ1n) is 15.1. The van der Waals surface area contributed by atoms with Gasteiger partial charge in [0.25, 0.3) is 0 Å². The zero-order valence-corrected chi connectivity index (χ0v) is 24.5. The molecule has 0 bridgehead atoms. The summed E-state index contributed by atoms with van der Waals surface area (Å²) in [6, 6.07) is 32.0. The Labute approximate surface area is 244 Å². The summed E-state index contributed by atoms with van der Waals surface area (Å²) in [7, 11) is 0. The summed E-state index contributed by atoms with van der Waals surface area (Å²) in [6.45, 7) is 9.39. The van der Waals surface area contributed by atoms with Crippen LogP contribution >= 0.6 is 0 Å². The number of allylic oxidation sites excluding steroid dienone is 1. The van der Waals surface area contributed by atoms with Gasteiger partial charge in [0.05, 0.1) is 12.1 Å². The zero-order chi connectivity index (χ0) is 28.6. The highest BCUT2D eigenvalue weighted by atomic mass is 16.3. The molecule has 2 aromatic heterocycles. The van der Waals surface area contributed by atoms with Gasteiger partial charge < -0.3 is 10.4 Å². The molecular weight excluding hydrogens is 502 g/mol. The van der Waals surface area contributed by atoms with E-state index in [1.165, 1.54) is 59.0 Å². The molecule has 3 aromatic carbocycles. The molecule has 4 nitrogen and oxygen atoms in total. The minimum absolute atomic E-state index is 0.127. The number of hydrogen-bond donors (Lipinski definition) is 2. The zero-order valence-electron chi connectivity index (χ0n) is 24.5. The SMILES string of the molecule is C=C(NCCO)C(c1ccc(Cc2c3ccccc3n3c(C)cc(CC)nc23)cc1)C1CCCC1.c1ccccc1. The Balaban J connectivity index is 0.000000500. The average Bonchev–Trinajstić information content (AvgIpc) is 3.65. The number of fused-ring (bicyclic) bond motifs is 3. The van der Waals surface area contributed by atoms with Gasteiger partial charge in [-0.15, -0.1) is 0 Å². The average molecular weight is 546 g/mol. The maximum absolute atomic E-state index is 9.28. The van der Waals surface area contributed by atoms with Gasteiger partial charge in [0.2, 0.25) is 0 Å². The van der Waals surface area contributed by atoms with Crippen molar-refractivity contribution in [3.05, 3.63) is 131 Å². The number of nitrogens with one attached hydrogen (secondary N) is 1. The molecule has 0 saturated heterocycles. The van der Waals surface area contributed by atoms with Gasteiger partial charge >= 0.3 is 0 Å². The minimum Gasteiger partial charge on any atom is -0.395 e. The molecule has 6 rings (SSSR count). The van der Waals surface area contributed by atoms with Crippen LogP contribution in [0.2, 0.25) is 0 Å². The van der Waals surface area contributed by atoms with E-state index in [1.807, 2.05) is 36.4 Å². The molecule has 5 aromatic rings. The van der Waals surface area contributed by atoms with Crippen LogP contribution in [0.25, 0.3) is 16.6 Å². The number of para-hydroxylation sites is 1. The maximum Gasteiger partial charge on any atom is 0.141 e. The third-order valence-corrected chi connectivity index (χ3v) is 8.39. The lowest BCUT2D eigenvalue weighted by Crippen LogP contribution is -2.25. The molecule has 0 aliphatic heterocycles. The highest BCUT2D eigenvalue weighted by Gasteiger charge is 2.28. The van der Waals surface area contributed by atoms with Crippen LogP contribution in [0.3, 0.4) is 0 Å². The third-order valence-electron chi connectivity index (χ3n) is 8.39. The van der Waals surface area contributed by atoms with Crippen LogP contribution in [0.15, 0.2) is 103 Å². The molecule has 0 radical (unpaired) electrons. The van der Waals surface area contributed by atoms with Crippen molar-refractivity contribution >= 4 is 16.6 Å². The van der Waals surface area contributed by atoms with Gasteiger partial charge in [-0.05, 0) is 55.4 Å². The second kappa shape index (κ2) is 13.6. The van der Waals surface area contributed by atoms with Gasteiger partial charge in [-0.1, -0.05) is 105 Å². The summed E-state index contributed by atoms with van der Waals surface area (Å²) in [4.78, 5) is 5.06. The Hall–Kier alpha value is -3.89. The second-order valence-electron chi connectivity index (χ2n) is 11.2. The highest BCUT2D eigenvalue weighted by molar-refractivity contribution is 5.91. The summed E-state index contributed by atoms with van der Waals surface area (Å²) in [5, 5.41) is 13.9. The van der Waals surface area contributed by atoms with Gasteiger partial charge in [-0.2, -0.15) is 0 Å². The molecule has 1 fully saturated rings. The number of aryl methyl sites for hydroxylation is 2. The number of aliphatic hydroxyl groups is 1. The molecule has 0 amide bonds. The fourth-order valence-electron chi connectivity index (χ4n) is 6.40. The molecule has 1 saturated carbocycles. The quantitative estimate of drug-likeness (QED) is 0.197. The number of rotatable bonds is 9. The fraction of sp³-hybridized carbons (Fsp3) is 0.324. The lowest BCUT2D eigenvalue weighted by molar-refractivity contribution is 0.294. The predicted molar refractivity (Wildman–Crippen MR) is 171 cm³/mol. The van der Waals surface area contributed by atoms with Crippen molar-refractivity contribution in [1.29, 1.82) is 0 Å². The van der Waals surface area contributed by atoms with Crippen molar-refractivity contribution in [3.8, 4) is 0 Å². The van der Waals surface area contributed by atoms with E-state index in [-0.39, 0.29) is 6.61 Å². The van der Waals surface area contributed by atoms with E-state index in [2.05, 4.69) is 84.7 Å². The lowest BCUT2D eigenvalue weighted by atomic mass is 9.82. The molecular formula is C37H43N3O. The molecule has 1 unspecified atom stereocenters. The van der Waals surface area contributed by atoms with Crippen molar-refractivity contribution < 1.29 is 5.11 Å². The van der Waals surface area contributed by atoms with E-state index < -0.39 is 0 Å². The van der Waals surface area contributed by atoms with Crippen molar-refractivity contribution in [2.24, 2.45) is 5.92 Å². The normalized spacial score (nSPS) is 14.1. The topological polar surface area (TPSA) is 49.6 Å². The number of aliphatic hydroxyl groups excluding tert-OH is 1. The first-order chi connectivity index (χ1) is 20.1. The van der Waals surface area contributed by atoms with E-state index in [0.717, 1.165) is 29.9 Å². The standard InChI is InChI=1S/C31H37N3O.C6H6/c1-4-26-19-21(2)34-29-12-8-7-11-27(29)28(31(34)33-26)20-23-13-15-25(16-14-23)30(22(3)32-17-18-35)24-9-5-6-10-24;1-2-4-6-5-3-1/h7-8,11-16,19,24,30,32,35H,3-6,9-10,17-18,20H2,1-2H3;1-6H. The molecule has 2 heterocycles. The van der Waals surface area contributed by atoms with Crippen LogP contribution in [0, 0.1) is 12.8 Å². The Morgan fingerprint density at radius 3 is 2.27 bits per heavy atom. The largest absolute Gasteiger partial charge is 0.395 e. The number of nitrogens with zero attached hydrogens (tertiary/aromatic N) is 2. The molecule has 1 atom stereocenters. The van der Waals surface area contributed by atoms with E-state index in [0.29, 0.717) is 18.4 Å². The summed E-state index contributed by atoms with van der Waals surface area (Å²) < 4.78 is 2.31. The van der Waals surface area contributed by atoms with Crippen LogP contribution in [-0.4, -0.2) is 27.6 Å². The van der Waals surface area contributed by atoms with Gasteiger partial charge in [0.1, 0.15) is 5.65 Å². The van der Waals surface area contributed by atoms with Crippen molar-refractivity contribution in [3.63, 3.8) is 0 Å². The van der Waals surface area contributed by atoms with Crippen LogP contribution in [0.5, 0.6) is 0 Å². The van der Waals surface area contributed by atoms with Gasteiger partial charge in [0.15, 0.2) is 0 Å². The van der Waals surface area contributed by atoms with Crippen molar-refractivity contribution in [2.45, 2.75) is 58.3 Å². The van der Waals surface area contributed by atoms with Crippen molar-refractivity contribution in [1.82, 2.24) is 14.7 Å². The first-order valence-corrected chi connectivity index (χ1v) is 15.1. The van der Waals surface area contributed by atoms with Crippen LogP contribution in [-0.2, 0) is 12.8 Å². The Morgan fingerprint density at radius 1 is 0.976 bits per heavy atom. The molecule has 0 spiro atoms. The number of aromatic nitrogens is 2. The fourth-order valence-corrected chi connectivity index (χ4v) is 6.40. The van der Waals surface area contributed by atoms with Crippen LogP contribution < -0.4 is 5.32 Å². The third kappa shape index (κ3) is 6.55. The van der Waals surface area contributed by atoms with E-state index >= 15 is 0 Å². The predicted octanol–water partition coefficient (Wildman–Crippen LogP) is 8.01. The lowest BCUT2D eigenvalue weighted by Gasteiger charge is -2.27. The van der Waals surface area contributed by atoms with Gasteiger partial charge in [-0.25, -0.2) is 4.98 Å².